The van der Waals surface area contributed by atoms with Crippen LogP contribution in [0.3, 0.4) is 0 Å². The van der Waals surface area contributed by atoms with Crippen LogP contribution in [0, 0.1) is 0 Å². The number of hydrogen-bond donors (Lipinski definition) is 1. The van der Waals surface area contributed by atoms with Gasteiger partial charge in [-0.3, -0.25) is 9.80 Å². The van der Waals surface area contributed by atoms with Gasteiger partial charge in [-0.1, -0.05) is 0 Å². The molecular formula is C12H22N2O. The van der Waals surface area contributed by atoms with Gasteiger partial charge in [-0.2, -0.15) is 0 Å². The molecular weight excluding hydrogens is 188 g/mol. The summed E-state index contributed by atoms with van der Waals surface area (Å²) >= 11 is 0. The highest BCUT2D eigenvalue weighted by Gasteiger charge is 2.37. The molecule has 1 N–H and O–H groups in total. The Morgan fingerprint density at radius 1 is 0.867 bits per heavy atom. The molecule has 1 saturated carbocycles. The molecule has 2 aliphatic heterocycles. The van der Waals surface area contributed by atoms with Crippen molar-refractivity contribution in [2.45, 2.75) is 50.3 Å². The van der Waals surface area contributed by atoms with Crippen molar-refractivity contribution in [1.82, 2.24) is 9.80 Å². The van der Waals surface area contributed by atoms with Crippen LogP contribution < -0.4 is 0 Å². The first-order valence-electron chi connectivity index (χ1n) is 6.51. The topological polar surface area (TPSA) is 26.7 Å². The largest absolute Gasteiger partial charge is 0.391 e. The molecule has 3 rings (SSSR count). The predicted molar refractivity (Wildman–Crippen MR) is 59.8 cm³/mol. The molecule has 3 fully saturated rings. The number of piperazine rings is 1. The van der Waals surface area contributed by atoms with E-state index in [1.165, 1.54) is 51.9 Å². The zero-order valence-electron chi connectivity index (χ0n) is 9.44. The minimum Gasteiger partial charge on any atom is -0.391 e. The summed E-state index contributed by atoms with van der Waals surface area (Å²) in [6, 6.07) is 1.28. The molecule has 3 nitrogen and oxygen atoms in total. The van der Waals surface area contributed by atoms with E-state index in [9.17, 15) is 5.11 Å². The fraction of sp³-hybridized carbons (Fsp3) is 1.00. The van der Waals surface area contributed by atoms with Crippen molar-refractivity contribution < 1.29 is 5.11 Å². The maximum absolute atomic E-state index is 9.93. The summed E-state index contributed by atoms with van der Waals surface area (Å²) in [7, 11) is 0. The van der Waals surface area contributed by atoms with Gasteiger partial charge in [-0.25, -0.2) is 0 Å². The lowest BCUT2D eigenvalue weighted by Gasteiger charge is -2.41. The molecule has 3 unspecified atom stereocenters. The van der Waals surface area contributed by atoms with E-state index in [1.54, 1.807) is 0 Å². The molecule has 0 radical (unpaired) electrons. The number of rotatable bonds is 1. The number of fused-ring (bicyclic) bond motifs is 1. The fourth-order valence-electron chi connectivity index (χ4n) is 3.66. The highest BCUT2D eigenvalue weighted by atomic mass is 16.3. The highest BCUT2D eigenvalue weighted by molar-refractivity contribution is 4.93. The van der Waals surface area contributed by atoms with E-state index in [-0.39, 0.29) is 6.10 Å². The molecule has 0 aromatic carbocycles. The smallest absolute Gasteiger partial charge is 0.0695 e. The van der Waals surface area contributed by atoms with E-state index in [0.29, 0.717) is 6.04 Å². The fourth-order valence-corrected chi connectivity index (χ4v) is 3.66. The van der Waals surface area contributed by atoms with E-state index in [1.807, 2.05) is 0 Å². The molecule has 2 heterocycles. The van der Waals surface area contributed by atoms with Gasteiger partial charge in [0.2, 0.25) is 0 Å². The Morgan fingerprint density at radius 2 is 1.73 bits per heavy atom. The van der Waals surface area contributed by atoms with Crippen molar-refractivity contribution in [2.24, 2.45) is 0 Å². The molecule has 0 bridgehead atoms. The quantitative estimate of drug-likeness (QED) is 0.689. The third-order valence-corrected chi connectivity index (χ3v) is 4.53. The Hall–Kier alpha value is -0.120. The van der Waals surface area contributed by atoms with Gasteiger partial charge in [-0.05, 0) is 38.6 Å². The summed E-state index contributed by atoms with van der Waals surface area (Å²) in [6.07, 6.45) is 6.17. The number of aliphatic hydroxyl groups is 1. The second kappa shape index (κ2) is 4.04. The van der Waals surface area contributed by atoms with Gasteiger partial charge >= 0.3 is 0 Å². The van der Waals surface area contributed by atoms with Crippen LogP contribution in [0.4, 0.5) is 0 Å². The molecule has 1 aliphatic carbocycles. The molecule has 15 heavy (non-hydrogen) atoms. The van der Waals surface area contributed by atoms with Gasteiger partial charge in [0, 0.05) is 31.7 Å². The summed E-state index contributed by atoms with van der Waals surface area (Å²) in [5, 5.41) is 9.93. The second-order valence-corrected chi connectivity index (χ2v) is 5.39. The van der Waals surface area contributed by atoms with Crippen LogP contribution in [-0.2, 0) is 0 Å². The van der Waals surface area contributed by atoms with Gasteiger partial charge < -0.3 is 5.11 Å². The number of nitrogens with zero attached hydrogens (tertiary/aromatic N) is 2. The van der Waals surface area contributed by atoms with Crippen LogP contribution in [0.2, 0.25) is 0 Å². The van der Waals surface area contributed by atoms with Crippen LogP contribution in [0.15, 0.2) is 0 Å². The molecule has 0 aromatic heterocycles. The molecule has 3 aliphatic rings. The SMILES string of the molecule is OC1CCCC1N1CCN2CCCC2C1. The molecule has 0 spiro atoms. The van der Waals surface area contributed by atoms with Crippen LogP contribution in [0.5, 0.6) is 0 Å². The van der Waals surface area contributed by atoms with E-state index < -0.39 is 0 Å². The van der Waals surface area contributed by atoms with E-state index >= 15 is 0 Å². The Morgan fingerprint density at radius 3 is 2.53 bits per heavy atom. The second-order valence-electron chi connectivity index (χ2n) is 5.39. The summed E-state index contributed by atoms with van der Waals surface area (Å²) in [6.45, 7) is 4.93. The van der Waals surface area contributed by atoms with Crippen LogP contribution in [0.25, 0.3) is 0 Å². The highest BCUT2D eigenvalue weighted by Crippen LogP contribution is 2.29. The summed E-state index contributed by atoms with van der Waals surface area (Å²) in [5.41, 5.74) is 0. The first kappa shape index (κ1) is 10.1. The molecule has 2 saturated heterocycles. The number of aliphatic hydroxyl groups excluding tert-OH is 1. The Kier molecular flexibility index (Phi) is 2.71. The average Bonchev–Trinajstić information content (AvgIpc) is 2.84. The molecule has 3 heteroatoms. The third kappa shape index (κ3) is 1.81. The zero-order valence-corrected chi connectivity index (χ0v) is 9.44. The summed E-state index contributed by atoms with van der Waals surface area (Å²) < 4.78 is 0. The van der Waals surface area contributed by atoms with Crippen molar-refractivity contribution in [2.75, 3.05) is 26.2 Å². The van der Waals surface area contributed by atoms with Gasteiger partial charge in [-0.15, -0.1) is 0 Å². The lowest BCUT2D eigenvalue weighted by Crippen LogP contribution is -2.55. The van der Waals surface area contributed by atoms with E-state index in [4.69, 9.17) is 0 Å². The number of hydrogen-bond acceptors (Lipinski definition) is 3. The minimum atomic E-state index is -0.0436. The van der Waals surface area contributed by atoms with Crippen molar-refractivity contribution in [1.29, 1.82) is 0 Å². The summed E-state index contributed by atoms with van der Waals surface area (Å²) in [4.78, 5) is 5.20. The van der Waals surface area contributed by atoms with Gasteiger partial charge in [0.25, 0.3) is 0 Å². The third-order valence-electron chi connectivity index (χ3n) is 4.53. The van der Waals surface area contributed by atoms with Crippen molar-refractivity contribution in [3.8, 4) is 0 Å². The van der Waals surface area contributed by atoms with Crippen molar-refractivity contribution in [3.05, 3.63) is 0 Å². The van der Waals surface area contributed by atoms with Crippen LogP contribution in [-0.4, -0.2) is 59.3 Å². The maximum Gasteiger partial charge on any atom is 0.0695 e. The van der Waals surface area contributed by atoms with Crippen molar-refractivity contribution >= 4 is 0 Å². The van der Waals surface area contributed by atoms with Gasteiger partial charge in [0.1, 0.15) is 0 Å². The predicted octanol–water partition coefficient (Wildman–Crippen LogP) is 0.680. The monoisotopic (exact) mass is 210 g/mol. The summed E-state index contributed by atoms with van der Waals surface area (Å²) in [5.74, 6) is 0. The molecule has 3 atom stereocenters. The Bertz CT molecular complexity index is 234. The van der Waals surface area contributed by atoms with E-state index in [0.717, 1.165) is 12.5 Å². The average molecular weight is 210 g/mol. The molecule has 86 valence electrons. The molecule has 0 amide bonds. The lowest BCUT2D eigenvalue weighted by atomic mass is 10.1. The van der Waals surface area contributed by atoms with Gasteiger partial charge in [0.05, 0.1) is 6.10 Å². The zero-order chi connectivity index (χ0) is 10.3. The van der Waals surface area contributed by atoms with E-state index in [2.05, 4.69) is 9.80 Å². The van der Waals surface area contributed by atoms with Crippen molar-refractivity contribution in [3.63, 3.8) is 0 Å². The van der Waals surface area contributed by atoms with Crippen LogP contribution in [0.1, 0.15) is 32.1 Å². The maximum atomic E-state index is 9.93. The standard InChI is InChI=1S/C12H22N2O/c15-12-5-1-4-11(12)14-8-7-13-6-2-3-10(13)9-14/h10-12,15H,1-9H2. The lowest BCUT2D eigenvalue weighted by molar-refractivity contribution is 0.0217. The first-order chi connectivity index (χ1) is 7.34. The minimum absolute atomic E-state index is 0.0436. The van der Waals surface area contributed by atoms with Crippen LogP contribution >= 0.6 is 0 Å². The van der Waals surface area contributed by atoms with Gasteiger partial charge in [0.15, 0.2) is 0 Å². The first-order valence-corrected chi connectivity index (χ1v) is 6.51. The Balaban J connectivity index is 1.63. The Labute approximate surface area is 92.1 Å². The normalized spacial score (nSPS) is 43.4. The molecule has 0 aromatic rings.